The number of nitrogens with zero attached hydrogens (tertiary/aromatic N) is 4. The Hall–Kier alpha value is -1.91. The fourth-order valence-corrected chi connectivity index (χ4v) is 1.33. The summed E-state index contributed by atoms with van der Waals surface area (Å²) in [6, 6.07) is 1.84. The summed E-state index contributed by atoms with van der Waals surface area (Å²) < 4.78 is 1.89. The zero-order valence-electron chi connectivity index (χ0n) is 8.81. The SMILES string of the molecule is CCNc1ccnc(-c2nccn2C)n1. The fraction of sp³-hybridized carbons (Fsp3) is 0.300. The highest BCUT2D eigenvalue weighted by atomic mass is 15.1. The highest BCUT2D eigenvalue weighted by Crippen LogP contribution is 2.12. The summed E-state index contributed by atoms with van der Waals surface area (Å²) in [6.07, 6.45) is 5.34. The molecule has 15 heavy (non-hydrogen) atoms. The number of hydrogen-bond acceptors (Lipinski definition) is 4. The molecule has 0 spiro atoms. The number of anilines is 1. The molecule has 0 aliphatic carbocycles. The summed E-state index contributed by atoms with van der Waals surface area (Å²) in [5.74, 6) is 2.24. The van der Waals surface area contributed by atoms with Crippen LogP contribution in [0.4, 0.5) is 5.82 Å². The molecule has 0 aliphatic rings. The van der Waals surface area contributed by atoms with E-state index in [-0.39, 0.29) is 0 Å². The Morgan fingerprint density at radius 2 is 2.20 bits per heavy atom. The Morgan fingerprint density at radius 3 is 2.87 bits per heavy atom. The first kappa shape index (κ1) is 9.64. The van der Waals surface area contributed by atoms with E-state index in [2.05, 4.69) is 20.3 Å². The van der Waals surface area contributed by atoms with Gasteiger partial charge in [-0.1, -0.05) is 0 Å². The van der Waals surface area contributed by atoms with Crippen LogP contribution in [-0.4, -0.2) is 26.1 Å². The number of rotatable bonds is 3. The van der Waals surface area contributed by atoms with Crippen LogP contribution in [0.15, 0.2) is 24.7 Å². The molecule has 0 saturated carbocycles. The number of aryl methyl sites for hydroxylation is 1. The second kappa shape index (κ2) is 4.08. The lowest BCUT2D eigenvalue weighted by Crippen LogP contribution is -2.02. The molecule has 5 nitrogen and oxygen atoms in total. The van der Waals surface area contributed by atoms with E-state index < -0.39 is 0 Å². The molecule has 5 heteroatoms. The van der Waals surface area contributed by atoms with Crippen LogP contribution >= 0.6 is 0 Å². The zero-order chi connectivity index (χ0) is 10.7. The third-order valence-corrected chi connectivity index (χ3v) is 2.03. The van der Waals surface area contributed by atoms with E-state index in [1.807, 2.05) is 30.8 Å². The smallest absolute Gasteiger partial charge is 0.197 e. The zero-order valence-corrected chi connectivity index (χ0v) is 8.81. The molecular weight excluding hydrogens is 190 g/mol. The van der Waals surface area contributed by atoms with Crippen molar-refractivity contribution < 1.29 is 0 Å². The lowest BCUT2D eigenvalue weighted by molar-refractivity contribution is 0.906. The minimum Gasteiger partial charge on any atom is -0.370 e. The predicted molar refractivity (Wildman–Crippen MR) is 58.4 cm³/mol. The Morgan fingerprint density at radius 1 is 1.33 bits per heavy atom. The molecule has 1 N–H and O–H groups in total. The van der Waals surface area contributed by atoms with Gasteiger partial charge in [-0.25, -0.2) is 15.0 Å². The second-order valence-corrected chi connectivity index (χ2v) is 3.16. The predicted octanol–water partition coefficient (Wildman–Crippen LogP) is 1.31. The first-order valence-corrected chi connectivity index (χ1v) is 4.86. The Bertz CT molecular complexity index is 449. The van der Waals surface area contributed by atoms with Crippen molar-refractivity contribution in [3.05, 3.63) is 24.7 Å². The summed E-state index contributed by atoms with van der Waals surface area (Å²) in [7, 11) is 1.92. The molecule has 0 unspecified atom stereocenters. The maximum atomic E-state index is 4.36. The van der Waals surface area contributed by atoms with E-state index in [1.165, 1.54) is 0 Å². The first-order chi connectivity index (χ1) is 7.31. The highest BCUT2D eigenvalue weighted by molar-refractivity contribution is 5.48. The van der Waals surface area contributed by atoms with Crippen LogP contribution < -0.4 is 5.32 Å². The molecule has 0 saturated heterocycles. The summed E-state index contributed by atoms with van der Waals surface area (Å²) in [6.45, 7) is 2.87. The van der Waals surface area contributed by atoms with Crippen molar-refractivity contribution in [2.24, 2.45) is 7.05 Å². The van der Waals surface area contributed by atoms with Crippen LogP contribution in [0.5, 0.6) is 0 Å². The van der Waals surface area contributed by atoms with Crippen molar-refractivity contribution >= 4 is 5.82 Å². The molecule has 2 heterocycles. The van der Waals surface area contributed by atoms with Crippen molar-refractivity contribution in [3.63, 3.8) is 0 Å². The van der Waals surface area contributed by atoms with Gasteiger partial charge in [0.2, 0.25) is 0 Å². The van der Waals surface area contributed by atoms with E-state index >= 15 is 0 Å². The Kier molecular flexibility index (Phi) is 2.62. The maximum Gasteiger partial charge on any atom is 0.197 e. The number of nitrogens with one attached hydrogen (secondary N) is 1. The summed E-state index contributed by atoms with van der Waals surface area (Å²) in [4.78, 5) is 12.7. The largest absolute Gasteiger partial charge is 0.370 e. The molecule has 2 rings (SSSR count). The van der Waals surface area contributed by atoms with Gasteiger partial charge < -0.3 is 9.88 Å². The fourth-order valence-electron chi connectivity index (χ4n) is 1.33. The van der Waals surface area contributed by atoms with E-state index in [0.29, 0.717) is 5.82 Å². The highest BCUT2D eigenvalue weighted by Gasteiger charge is 2.06. The molecule has 0 amide bonds. The van der Waals surface area contributed by atoms with Gasteiger partial charge >= 0.3 is 0 Å². The van der Waals surface area contributed by atoms with Gasteiger partial charge in [0.25, 0.3) is 0 Å². The van der Waals surface area contributed by atoms with Gasteiger partial charge in [0.15, 0.2) is 11.6 Å². The van der Waals surface area contributed by atoms with Gasteiger partial charge in [-0.2, -0.15) is 0 Å². The molecule has 0 atom stereocenters. The van der Waals surface area contributed by atoms with Crippen LogP contribution in [-0.2, 0) is 7.05 Å². The third-order valence-electron chi connectivity index (χ3n) is 2.03. The quantitative estimate of drug-likeness (QED) is 0.817. The van der Waals surface area contributed by atoms with Crippen molar-refractivity contribution in [1.29, 1.82) is 0 Å². The minimum atomic E-state index is 0.640. The van der Waals surface area contributed by atoms with Gasteiger partial charge in [0.05, 0.1) is 0 Å². The van der Waals surface area contributed by atoms with Crippen LogP contribution in [0.2, 0.25) is 0 Å². The summed E-state index contributed by atoms with van der Waals surface area (Å²) >= 11 is 0. The first-order valence-electron chi connectivity index (χ1n) is 4.86. The maximum absolute atomic E-state index is 4.36. The molecule has 2 aromatic heterocycles. The lowest BCUT2D eigenvalue weighted by Gasteiger charge is -2.04. The number of hydrogen-bond donors (Lipinski definition) is 1. The molecule has 2 aromatic rings. The minimum absolute atomic E-state index is 0.640. The van der Waals surface area contributed by atoms with E-state index in [4.69, 9.17) is 0 Å². The molecule has 0 aromatic carbocycles. The van der Waals surface area contributed by atoms with Crippen molar-refractivity contribution in [1.82, 2.24) is 19.5 Å². The molecule has 0 aliphatic heterocycles. The average molecular weight is 203 g/mol. The monoisotopic (exact) mass is 203 g/mol. The standard InChI is InChI=1S/C10H13N5/c1-3-11-8-4-5-12-9(14-8)10-13-6-7-15(10)2/h4-7H,3H2,1-2H3,(H,11,12,14). The normalized spacial score (nSPS) is 10.3. The summed E-state index contributed by atoms with van der Waals surface area (Å²) in [5.41, 5.74) is 0. The summed E-state index contributed by atoms with van der Waals surface area (Å²) in [5, 5.41) is 3.14. The van der Waals surface area contributed by atoms with Crippen molar-refractivity contribution in [2.45, 2.75) is 6.92 Å². The Labute approximate surface area is 88.2 Å². The van der Waals surface area contributed by atoms with Gasteiger partial charge in [-0.3, -0.25) is 0 Å². The Balaban J connectivity index is 2.37. The molecule has 0 bridgehead atoms. The van der Waals surface area contributed by atoms with Crippen LogP contribution in [0.3, 0.4) is 0 Å². The van der Waals surface area contributed by atoms with Crippen LogP contribution in [0.25, 0.3) is 11.6 Å². The lowest BCUT2D eigenvalue weighted by atomic mass is 10.5. The van der Waals surface area contributed by atoms with Crippen LogP contribution in [0, 0.1) is 0 Å². The van der Waals surface area contributed by atoms with E-state index in [9.17, 15) is 0 Å². The molecule has 0 radical (unpaired) electrons. The number of imidazole rings is 1. The second-order valence-electron chi connectivity index (χ2n) is 3.16. The number of aromatic nitrogens is 4. The van der Waals surface area contributed by atoms with Gasteiger partial charge in [-0.15, -0.1) is 0 Å². The van der Waals surface area contributed by atoms with Gasteiger partial charge in [0, 0.05) is 32.2 Å². The van der Waals surface area contributed by atoms with Crippen molar-refractivity contribution in [3.8, 4) is 11.6 Å². The third kappa shape index (κ3) is 1.96. The topological polar surface area (TPSA) is 55.6 Å². The molecular formula is C10H13N5. The van der Waals surface area contributed by atoms with Crippen molar-refractivity contribution in [2.75, 3.05) is 11.9 Å². The van der Waals surface area contributed by atoms with E-state index in [0.717, 1.165) is 18.2 Å². The van der Waals surface area contributed by atoms with Gasteiger partial charge in [0.1, 0.15) is 5.82 Å². The van der Waals surface area contributed by atoms with Gasteiger partial charge in [-0.05, 0) is 13.0 Å². The van der Waals surface area contributed by atoms with Crippen LogP contribution in [0.1, 0.15) is 6.92 Å². The molecule has 0 fully saturated rings. The average Bonchev–Trinajstić information content (AvgIpc) is 2.65. The van der Waals surface area contributed by atoms with E-state index in [1.54, 1.807) is 12.4 Å². The molecule has 78 valence electrons.